The maximum atomic E-state index is 10.1. The molecule has 1 rings (SSSR count). The van der Waals surface area contributed by atoms with E-state index in [1.807, 2.05) is 12.1 Å². The fourth-order valence-corrected chi connectivity index (χ4v) is 1.04. The molecule has 0 saturated heterocycles. The van der Waals surface area contributed by atoms with E-state index in [1.54, 1.807) is 12.1 Å². The number of carbonyl (C=O) groups is 1. The first-order valence-corrected chi connectivity index (χ1v) is 4.36. The van der Waals surface area contributed by atoms with Crippen LogP contribution >= 0.6 is 22.6 Å². The molecule has 0 fully saturated rings. The normalized spacial score (nSPS) is 8.69. The summed E-state index contributed by atoms with van der Waals surface area (Å²) in [4.78, 5) is 10.1. The van der Waals surface area contributed by atoms with Gasteiger partial charge in [-0.2, -0.15) is 0 Å². The van der Waals surface area contributed by atoms with E-state index in [-0.39, 0.29) is 37.6 Å². The van der Waals surface area contributed by atoms with E-state index in [0.29, 0.717) is 5.75 Å². The molecule has 13 heavy (non-hydrogen) atoms. The molecule has 0 bridgehead atoms. The van der Waals surface area contributed by atoms with Crippen LogP contribution in [0, 0.1) is 3.57 Å². The standard InChI is InChI=1S/C8H7IO3.Na.H/c9-6-1-3-7(4-2-6)12-5-8(10)11;;/h1-4H,5H2,(H,10,11);;/q;+1;-1. The number of hydrogen-bond acceptors (Lipinski definition) is 2. The number of halogens is 1. The molecule has 0 aromatic heterocycles. The molecule has 0 aliphatic rings. The molecular weight excluding hydrogens is 294 g/mol. The van der Waals surface area contributed by atoms with Crippen molar-refractivity contribution < 1.29 is 45.6 Å². The van der Waals surface area contributed by atoms with Crippen molar-refractivity contribution in [1.29, 1.82) is 0 Å². The third kappa shape index (κ3) is 5.51. The maximum Gasteiger partial charge on any atom is 1.00 e. The van der Waals surface area contributed by atoms with Gasteiger partial charge in [-0.25, -0.2) is 4.79 Å². The summed E-state index contributed by atoms with van der Waals surface area (Å²) in [5, 5.41) is 8.30. The Labute approximate surface area is 113 Å². The van der Waals surface area contributed by atoms with E-state index in [2.05, 4.69) is 22.6 Å². The number of carboxylic acid groups (broad SMARTS) is 1. The minimum absolute atomic E-state index is 0. The Morgan fingerprint density at radius 1 is 1.46 bits per heavy atom. The Bertz CT molecular complexity index is 278. The van der Waals surface area contributed by atoms with Crippen molar-refractivity contribution >= 4 is 28.6 Å². The molecule has 66 valence electrons. The second kappa shape index (κ2) is 6.64. The molecule has 0 spiro atoms. The molecular formula is C8H8INaO3. The zero-order valence-electron chi connectivity index (χ0n) is 8.16. The van der Waals surface area contributed by atoms with Gasteiger partial charge < -0.3 is 11.3 Å². The number of rotatable bonds is 3. The zero-order chi connectivity index (χ0) is 8.97. The van der Waals surface area contributed by atoms with E-state index in [0.717, 1.165) is 3.57 Å². The van der Waals surface area contributed by atoms with Gasteiger partial charge in [0.05, 0.1) is 0 Å². The second-order valence-electron chi connectivity index (χ2n) is 2.14. The number of ether oxygens (including phenoxy) is 1. The van der Waals surface area contributed by atoms with Crippen molar-refractivity contribution in [2.75, 3.05) is 6.61 Å². The minimum atomic E-state index is -0.964. The Kier molecular flexibility index (Phi) is 6.75. The van der Waals surface area contributed by atoms with Crippen molar-refractivity contribution in [3.8, 4) is 5.75 Å². The summed E-state index contributed by atoms with van der Waals surface area (Å²) in [6.07, 6.45) is 0. The number of carboxylic acids is 1. The van der Waals surface area contributed by atoms with E-state index in [4.69, 9.17) is 9.84 Å². The summed E-state index contributed by atoms with van der Waals surface area (Å²) in [6, 6.07) is 7.20. The molecule has 0 aliphatic carbocycles. The first-order chi connectivity index (χ1) is 5.68. The molecule has 1 aromatic carbocycles. The van der Waals surface area contributed by atoms with Gasteiger partial charge in [0.25, 0.3) is 0 Å². The smallest absolute Gasteiger partial charge is 1.00 e. The second-order valence-corrected chi connectivity index (χ2v) is 3.38. The zero-order valence-corrected chi connectivity index (χ0v) is 11.3. The molecule has 0 unspecified atom stereocenters. The summed E-state index contributed by atoms with van der Waals surface area (Å²) in [7, 11) is 0. The van der Waals surface area contributed by atoms with Crippen LogP contribution in [0.25, 0.3) is 0 Å². The van der Waals surface area contributed by atoms with Gasteiger partial charge >= 0.3 is 35.5 Å². The van der Waals surface area contributed by atoms with Crippen LogP contribution in [-0.4, -0.2) is 17.7 Å². The van der Waals surface area contributed by atoms with Crippen molar-refractivity contribution in [3.63, 3.8) is 0 Å². The average Bonchev–Trinajstić information content (AvgIpc) is 2.03. The third-order valence-electron chi connectivity index (χ3n) is 1.18. The van der Waals surface area contributed by atoms with Crippen LogP contribution in [0.2, 0.25) is 0 Å². The molecule has 1 N–H and O–H groups in total. The largest absolute Gasteiger partial charge is 1.00 e. The molecule has 0 heterocycles. The van der Waals surface area contributed by atoms with E-state index < -0.39 is 5.97 Å². The summed E-state index contributed by atoms with van der Waals surface area (Å²) in [6.45, 7) is -0.291. The summed E-state index contributed by atoms with van der Waals surface area (Å²) >= 11 is 2.17. The predicted molar refractivity (Wildman–Crippen MR) is 53.4 cm³/mol. The molecule has 0 atom stereocenters. The number of aliphatic carboxylic acids is 1. The SMILES string of the molecule is O=C(O)COc1ccc(I)cc1.[H-].[Na+]. The molecule has 3 nitrogen and oxygen atoms in total. The van der Waals surface area contributed by atoms with Gasteiger partial charge in [-0.1, -0.05) is 0 Å². The van der Waals surface area contributed by atoms with Gasteiger partial charge in [-0.05, 0) is 46.9 Å². The van der Waals surface area contributed by atoms with Crippen LogP contribution < -0.4 is 34.3 Å². The van der Waals surface area contributed by atoms with Gasteiger partial charge in [0, 0.05) is 3.57 Å². The third-order valence-corrected chi connectivity index (χ3v) is 1.90. The van der Waals surface area contributed by atoms with Crippen LogP contribution in [0.3, 0.4) is 0 Å². The van der Waals surface area contributed by atoms with Gasteiger partial charge in [0.1, 0.15) is 5.75 Å². The van der Waals surface area contributed by atoms with Gasteiger partial charge in [-0.3, -0.25) is 0 Å². The summed E-state index contributed by atoms with van der Waals surface area (Å²) in [5.74, 6) is -0.383. The van der Waals surface area contributed by atoms with Crippen LogP contribution in [0.1, 0.15) is 1.43 Å². The molecule has 0 aliphatic heterocycles. The first kappa shape index (κ1) is 13.2. The topological polar surface area (TPSA) is 46.5 Å². The maximum absolute atomic E-state index is 10.1. The number of benzene rings is 1. The average molecular weight is 302 g/mol. The summed E-state index contributed by atoms with van der Waals surface area (Å²) < 4.78 is 6.01. The van der Waals surface area contributed by atoms with Crippen LogP contribution in [0.4, 0.5) is 0 Å². The predicted octanol–water partition coefficient (Wildman–Crippen LogP) is -1.13. The molecule has 5 heteroatoms. The Morgan fingerprint density at radius 2 is 2.00 bits per heavy atom. The van der Waals surface area contributed by atoms with Gasteiger partial charge in [0.15, 0.2) is 6.61 Å². The van der Waals surface area contributed by atoms with Gasteiger partial charge in [-0.15, -0.1) is 0 Å². The van der Waals surface area contributed by atoms with E-state index in [1.165, 1.54) is 0 Å². The van der Waals surface area contributed by atoms with Crippen molar-refractivity contribution in [2.45, 2.75) is 0 Å². The Morgan fingerprint density at radius 3 is 2.46 bits per heavy atom. The Balaban J connectivity index is 0. The minimum Gasteiger partial charge on any atom is -1.00 e. The van der Waals surface area contributed by atoms with E-state index >= 15 is 0 Å². The van der Waals surface area contributed by atoms with Crippen molar-refractivity contribution in [2.24, 2.45) is 0 Å². The molecule has 1 aromatic rings. The summed E-state index contributed by atoms with van der Waals surface area (Å²) in [5.41, 5.74) is 0. The molecule has 0 saturated carbocycles. The molecule has 0 amide bonds. The fraction of sp³-hybridized carbons (Fsp3) is 0.125. The van der Waals surface area contributed by atoms with Crippen LogP contribution in [0.5, 0.6) is 5.75 Å². The van der Waals surface area contributed by atoms with Crippen LogP contribution in [0.15, 0.2) is 24.3 Å². The number of hydrogen-bond donors (Lipinski definition) is 1. The quantitative estimate of drug-likeness (QED) is 0.568. The first-order valence-electron chi connectivity index (χ1n) is 3.28. The Hall–Kier alpha value is 0.220. The fourth-order valence-electron chi connectivity index (χ4n) is 0.676. The van der Waals surface area contributed by atoms with Gasteiger partial charge in [0.2, 0.25) is 0 Å². The van der Waals surface area contributed by atoms with Crippen molar-refractivity contribution in [1.82, 2.24) is 0 Å². The molecule has 0 radical (unpaired) electrons. The van der Waals surface area contributed by atoms with E-state index in [9.17, 15) is 4.79 Å². The monoisotopic (exact) mass is 302 g/mol. The van der Waals surface area contributed by atoms with Crippen LogP contribution in [-0.2, 0) is 4.79 Å². The van der Waals surface area contributed by atoms with Crippen molar-refractivity contribution in [3.05, 3.63) is 27.8 Å².